The number of hydrogen-bond acceptors (Lipinski definition) is 2. The maximum absolute atomic E-state index is 3.36. The minimum atomic E-state index is 0.333. The third-order valence-corrected chi connectivity index (χ3v) is 1.67. The first-order valence-electron chi connectivity index (χ1n) is 4.17. The van der Waals surface area contributed by atoms with Gasteiger partial charge in [0.2, 0.25) is 0 Å². The second-order valence-electron chi connectivity index (χ2n) is 2.84. The largest absolute Gasteiger partial charge is 0.372 e. The molecule has 0 amide bonds. The molecule has 0 aromatic carbocycles. The van der Waals surface area contributed by atoms with Gasteiger partial charge in [-0.2, -0.15) is 0 Å². The molecule has 0 bridgehead atoms. The molecule has 2 heteroatoms. The van der Waals surface area contributed by atoms with Crippen LogP contribution in [0.3, 0.4) is 0 Å². The van der Waals surface area contributed by atoms with Gasteiger partial charge in [0.15, 0.2) is 0 Å². The van der Waals surface area contributed by atoms with Crippen LogP contribution in [0.5, 0.6) is 0 Å². The second kappa shape index (κ2) is 4.19. The normalized spacial score (nSPS) is 22.7. The molecule has 0 fully saturated rings. The van der Waals surface area contributed by atoms with Crippen LogP contribution in [0.15, 0.2) is 23.9 Å². The van der Waals surface area contributed by atoms with Gasteiger partial charge >= 0.3 is 0 Å². The topological polar surface area (TPSA) is 24.1 Å². The smallest absolute Gasteiger partial charge is 0.0962 e. The fourth-order valence-corrected chi connectivity index (χ4v) is 1.07. The highest BCUT2D eigenvalue weighted by atomic mass is 15.1. The molecule has 0 aliphatic carbocycles. The number of allylic oxidation sites excluding steroid dienone is 2. The average Bonchev–Trinajstić information content (AvgIpc) is 2.01. The summed E-state index contributed by atoms with van der Waals surface area (Å²) in [6, 6.07) is 0. The number of dihydropyridines is 1. The zero-order valence-electron chi connectivity index (χ0n) is 7.22. The van der Waals surface area contributed by atoms with Gasteiger partial charge in [0.25, 0.3) is 0 Å². The number of nitrogens with one attached hydrogen (secondary N) is 2. The van der Waals surface area contributed by atoms with Crippen molar-refractivity contribution in [3.63, 3.8) is 0 Å². The van der Waals surface area contributed by atoms with Crippen LogP contribution >= 0.6 is 0 Å². The quantitative estimate of drug-likeness (QED) is 0.638. The van der Waals surface area contributed by atoms with Gasteiger partial charge in [0, 0.05) is 0 Å². The van der Waals surface area contributed by atoms with Gasteiger partial charge in [0.05, 0.1) is 6.17 Å². The maximum atomic E-state index is 3.36. The van der Waals surface area contributed by atoms with Gasteiger partial charge in [-0.1, -0.05) is 12.5 Å². The first-order valence-corrected chi connectivity index (χ1v) is 4.17. The lowest BCUT2D eigenvalue weighted by atomic mass is 10.2. The van der Waals surface area contributed by atoms with Crippen molar-refractivity contribution in [2.45, 2.75) is 26.4 Å². The highest BCUT2D eigenvalue weighted by Crippen LogP contribution is 2.00. The summed E-state index contributed by atoms with van der Waals surface area (Å²) in [5.74, 6) is 0. The molecule has 0 saturated carbocycles. The van der Waals surface area contributed by atoms with Crippen LogP contribution in [0, 0.1) is 0 Å². The Kier molecular flexibility index (Phi) is 3.17. The molecule has 0 radical (unpaired) electrons. The van der Waals surface area contributed by atoms with E-state index in [4.69, 9.17) is 0 Å². The van der Waals surface area contributed by atoms with Crippen molar-refractivity contribution in [3.8, 4) is 0 Å². The van der Waals surface area contributed by atoms with E-state index in [1.165, 1.54) is 12.0 Å². The Morgan fingerprint density at radius 2 is 2.45 bits per heavy atom. The summed E-state index contributed by atoms with van der Waals surface area (Å²) >= 11 is 0. The van der Waals surface area contributed by atoms with Gasteiger partial charge in [-0.15, -0.1) is 0 Å². The van der Waals surface area contributed by atoms with Crippen LogP contribution in [0.1, 0.15) is 20.3 Å². The fraction of sp³-hybridized carbons (Fsp3) is 0.556. The molecule has 0 aromatic heterocycles. The Hall–Kier alpha value is -0.760. The predicted octanol–water partition coefficient (Wildman–Crippen LogP) is 1.38. The molecule has 62 valence electrons. The summed E-state index contributed by atoms with van der Waals surface area (Å²) in [7, 11) is 0. The van der Waals surface area contributed by atoms with Gasteiger partial charge in [-0.05, 0) is 38.2 Å². The zero-order chi connectivity index (χ0) is 8.10. The molecule has 1 unspecified atom stereocenters. The van der Waals surface area contributed by atoms with Crippen LogP contribution in [0.4, 0.5) is 0 Å². The Balaban J connectivity index is 2.31. The fourth-order valence-electron chi connectivity index (χ4n) is 1.07. The van der Waals surface area contributed by atoms with Crippen molar-refractivity contribution in [1.82, 2.24) is 10.6 Å². The molecule has 2 N–H and O–H groups in total. The lowest BCUT2D eigenvalue weighted by Gasteiger charge is -2.18. The summed E-state index contributed by atoms with van der Waals surface area (Å²) in [6.07, 6.45) is 7.76. The van der Waals surface area contributed by atoms with Crippen LogP contribution in [-0.2, 0) is 0 Å². The van der Waals surface area contributed by atoms with Crippen molar-refractivity contribution in [2.75, 3.05) is 6.54 Å². The summed E-state index contributed by atoms with van der Waals surface area (Å²) < 4.78 is 0. The summed E-state index contributed by atoms with van der Waals surface area (Å²) in [5, 5.41) is 6.58. The molecule has 1 aliphatic rings. The van der Waals surface area contributed by atoms with E-state index < -0.39 is 0 Å². The van der Waals surface area contributed by atoms with E-state index in [1.807, 2.05) is 6.20 Å². The minimum Gasteiger partial charge on any atom is -0.372 e. The van der Waals surface area contributed by atoms with Gasteiger partial charge in [-0.3, -0.25) is 5.32 Å². The van der Waals surface area contributed by atoms with Crippen LogP contribution in [0.2, 0.25) is 0 Å². The molecule has 1 rings (SSSR count). The Morgan fingerprint density at radius 1 is 1.64 bits per heavy atom. The third kappa shape index (κ3) is 2.76. The highest BCUT2D eigenvalue weighted by molar-refractivity contribution is 5.21. The second-order valence-corrected chi connectivity index (χ2v) is 2.84. The molecular weight excluding hydrogens is 136 g/mol. The molecule has 1 atom stereocenters. The standard InChI is InChI=1S/C9H16N2/c1-3-5-10-9-7-8(2)4-6-11-9/h4,6-7,9-11H,3,5H2,1-2H3. The summed E-state index contributed by atoms with van der Waals surface area (Å²) in [6.45, 7) is 5.34. The van der Waals surface area contributed by atoms with Gasteiger partial charge in [0.1, 0.15) is 0 Å². The molecular formula is C9H16N2. The minimum absolute atomic E-state index is 0.333. The Morgan fingerprint density at radius 3 is 3.09 bits per heavy atom. The van der Waals surface area contributed by atoms with Crippen molar-refractivity contribution >= 4 is 0 Å². The van der Waals surface area contributed by atoms with E-state index in [9.17, 15) is 0 Å². The predicted molar refractivity (Wildman–Crippen MR) is 48.1 cm³/mol. The third-order valence-electron chi connectivity index (χ3n) is 1.67. The van der Waals surface area contributed by atoms with Crippen LogP contribution < -0.4 is 10.6 Å². The maximum Gasteiger partial charge on any atom is 0.0962 e. The van der Waals surface area contributed by atoms with Crippen molar-refractivity contribution in [1.29, 1.82) is 0 Å². The highest BCUT2D eigenvalue weighted by Gasteiger charge is 2.02. The van der Waals surface area contributed by atoms with Crippen LogP contribution in [0.25, 0.3) is 0 Å². The van der Waals surface area contributed by atoms with E-state index in [0.29, 0.717) is 6.17 Å². The summed E-state index contributed by atoms with van der Waals surface area (Å²) in [5.41, 5.74) is 1.32. The Labute approximate surface area is 68.4 Å². The van der Waals surface area contributed by atoms with Crippen molar-refractivity contribution in [2.24, 2.45) is 0 Å². The average molecular weight is 152 g/mol. The van der Waals surface area contributed by atoms with E-state index in [0.717, 1.165) is 6.54 Å². The molecule has 1 heterocycles. The lowest BCUT2D eigenvalue weighted by Crippen LogP contribution is -2.39. The van der Waals surface area contributed by atoms with E-state index in [1.54, 1.807) is 0 Å². The van der Waals surface area contributed by atoms with Crippen molar-refractivity contribution < 1.29 is 0 Å². The molecule has 2 nitrogen and oxygen atoms in total. The molecule has 0 saturated heterocycles. The van der Waals surface area contributed by atoms with E-state index in [2.05, 4.69) is 36.6 Å². The van der Waals surface area contributed by atoms with E-state index >= 15 is 0 Å². The van der Waals surface area contributed by atoms with Crippen molar-refractivity contribution in [3.05, 3.63) is 23.9 Å². The number of hydrogen-bond donors (Lipinski definition) is 2. The van der Waals surface area contributed by atoms with Gasteiger partial charge < -0.3 is 5.32 Å². The zero-order valence-corrected chi connectivity index (χ0v) is 7.22. The van der Waals surface area contributed by atoms with Crippen LogP contribution in [-0.4, -0.2) is 12.7 Å². The summed E-state index contributed by atoms with van der Waals surface area (Å²) in [4.78, 5) is 0. The first-order chi connectivity index (χ1) is 5.33. The Bertz CT molecular complexity index is 170. The first kappa shape index (κ1) is 8.34. The molecule has 0 aromatic rings. The SMILES string of the molecule is CCCNC1C=C(C)C=CN1. The monoisotopic (exact) mass is 152 g/mol. The van der Waals surface area contributed by atoms with Gasteiger partial charge in [-0.25, -0.2) is 0 Å². The number of rotatable bonds is 3. The lowest BCUT2D eigenvalue weighted by molar-refractivity contribution is 0.541. The molecule has 11 heavy (non-hydrogen) atoms. The molecule has 1 aliphatic heterocycles. The van der Waals surface area contributed by atoms with E-state index in [-0.39, 0.29) is 0 Å². The molecule has 0 spiro atoms.